The standard InChI is InChI=1S/C13H19NO4/c1-12(2,3)18-11(16)14(5)13(4,9-15)10-7-6-8-17-10/h6-9H,1-5H3. The summed E-state index contributed by atoms with van der Waals surface area (Å²) in [6, 6.07) is 3.31. The van der Waals surface area contributed by atoms with Crippen molar-refractivity contribution < 1.29 is 18.7 Å². The fourth-order valence-corrected chi connectivity index (χ4v) is 1.39. The van der Waals surface area contributed by atoms with Crippen LogP contribution in [0.25, 0.3) is 0 Å². The average molecular weight is 253 g/mol. The van der Waals surface area contributed by atoms with Crippen LogP contribution >= 0.6 is 0 Å². The fraction of sp³-hybridized carbons (Fsp3) is 0.538. The van der Waals surface area contributed by atoms with Crippen LogP contribution in [0.3, 0.4) is 0 Å². The van der Waals surface area contributed by atoms with Crippen molar-refractivity contribution in [3.05, 3.63) is 24.2 Å². The molecule has 1 rings (SSSR count). The van der Waals surface area contributed by atoms with Gasteiger partial charge in [-0.15, -0.1) is 0 Å². The highest BCUT2D eigenvalue weighted by Gasteiger charge is 2.39. The van der Waals surface area contributed by atoms with Gasteiger partial charge in [-0.2, -0.15) is 0 Å². The van der Waals surface area contributed by atoms with E-state index in [1.54, 1.807) is 39.8 Å². The number of aldehydes is 1. The summed E-state index contributed by atoms with van der Waals surface area (Å²) < 4.78 is 10.4. The largest absolute Gasteiger partial charge is 0.466 e. The number of furan rings is 1. The minimum absolute atomic E-state index is 0.394. The number of amides is 1. The molecule has 0 aliphatic rings. The van der Waals surface area contributed by atoms with Gasteiger partial charge in [-0.1, -0.05) is 0 Å². The number of nitrogens with zero attached hydrogens (tertiary/aromatic N) is 1. The summed E-state index contributed by atoms with van der Waals surface area (Å²) in [5.74, 6) is 0.394. The number of hydrogen-bond donors (Lipinski definition) is 0. The van der Waals surface area contributed by atoms with Crippen molar-refractivity contribution in [2.75, 3.05) is 7.05 Å². The lowest BCUT2D eigenvalue weighted by molar-refractivity contribution is -0.118. The minimum Gasteiger partial charge on any atom is -0.466 e. The van der Waals surface area contributed by atoms with Gasteiger partial charge in [0, 0.05) is 7.05 Å². The van der Waals surface area contributed by atoms with Crippen molar-refractivity contribution in [3.63, 3.8) is 0 Å². The Morgan fingerprint density at radius 2 is 2.00 bits per heavy atom. The molecule has 100 valence electrons. The summed E-state index contributed by atoms with van der Waals surface area (Å²) >= 11 is 0. The van der Waals surface area contributed by atoms with E-state index in [2.05, 4.69) is 0 Å². The van der Waals surface area contributed by atoms with E-state index in [-0.39, 0.29) is 0 Å². The summed E-state index contributed by atoms with van der Waals surface area (Å²) in [6.07, 6.45) is 1.55. The number of carbonyl (C=O) groups is 2. The number of hydrogen-bond acceptors (Lipinski definition) is 4. The molecule has 1 aromatic rings. The second-order valence-corrected chi connectivity index (χ2v) is 5.28. The first kappa shape index (κ1) is 14.3. The van der Waals surface area contributed by atoms with Crippen LogP contribution in [0.2, 0.25) is 0 Å². The predicted octanol–water partition coefficient (Wildman–Crippen LogP) is 2.56. The Morgan fingerprint density at radius 3 is 2.39 bits per heavy atom. The molecule has 1 unspecified atom stereocenters. The van der Waals surface area contributed by atoms with Gasteiger partial charge in [-0.05, 0) is 39.8 Å². The number of carbonyl (C=O) groups excluding carboxylic acids is 2. The normalized spacial score (nSPS) is 14.7. The Morgan fingerprint density at radius 1 is 1.39 bits per heavy atom. The molecular weight excluding hydrogens is 234 g/mol. The van der Waals surface area contributed by atoms with E-state index in [1.165, 1.54) is 18.2 Å². The highest BCUT2D eigenvalue weighted by atomic mass is 16.6. The van der Waals surface area contributed by atoms with Gasteiger partial charge in [-0.3, -0.25) is 4.90 Å². The van der Waals surface area contributed by atoms with Gasteiger partial charge >= 0.3 is 6.09 Å². The molecule has 1 amide bonds. The lowest BCUT2D eigenvalue weighted by atomic mass is 10.00. The Labute approximate surface area is 107 Å². The van der Waals surface area contributed by atoms with E-state index in [9.17, 15) is 9.59 Å². The molecule has 0 aliphatic heterocycles. The maximum Gasteiger partial charge on any atom is 0.411 e. The molecule has 5 heteroatoms. The van der Waals surface area contributed by atoms with E-state index in [1.807, 2.05) is 0 Å². The first-order valence-corrected chi connectivity index (χ1v) is 5.68. The molecule has 0 aliphatic carbocycles. The Balaban J connectivity index is 2.96. The van der Waals surface area contributed by atoms with Crippen molar-refractivity contribution in [1.29, 1.82) is 0 Å². The van der Waals surface area contributed by atoms with Gasteiger partial charge in [0.05, 0.1) is 6.26 Å². The van der Waals surface area contributed by atoms with Gasteiger partial charge in [-0.25, -0.2) is 4.79 Å². The zero-order valence-corrected chi connectivity index (χ0v) is 11.4. The Kier molecular flexibility index (Phi) is 3.84. The topological polar surface area (TPSA) is 59.8 Å². The summed E-state index contributed by atoms with van der Waals surface area (Å²) in [5, 5.41) is 0. The van der Waals surface area contributed by atoms with Crippen molar-refractivity contribution in [3.8, 4) is 0 Å². The fourth-order valence-electron chi connectivity index (χ4n) is 1.39. The van der Waals surface area contributed by atoms with Crippen LogP contribution in [0.5, 0.6) is 0 Å². The summed E-state index contributed by atoms with van der Waals surface area (Å²) in [7, 11) is 1.50. The third-order valence-electron chi connectivity index (χ3n) is 2.61. The van der Waals surface area contributed by atoms with Gasteiger partial charge in [0.15, 0.2) is 11.8 Å². The van der Waals surface area contributed by atoms with E-state index >= 15 is 0 Å². The lowest BCUT2D eigenvalue weighted by Crippen LogP contribution is -2.48. The van der Waals surface area contributed by atoms with Crippen molar-refractivity contribution >= 4 is 12.4 Å². The van der Waals surface area contributed by atoms with Crippen LogP contribution in [0, 0.1) is 0 Å². The van der Waals surface area contributed by atoms with Crippen LogP contribution in [0.4, 0.5) is 4.79 Å². The lowest BCUT2D eigenvalue weighted by Gasteiger charge is -2.33. The number of rotatable bonds is 3. The molecule has 0 saturated heterocycles. The Bertz CT molecular complexity index is 419. The van der Waals surface area contributed by atoms with Crippen LogP contribution < -0.4 is 0 Å². The SMILES string of the molecule is CN(C(=O)OC(C)(C)C)C(C)(C=O)c1ccco1. The average Bonchev–Trinajstić information content (AvgIpc) is 2.78. The van der Waals surface area contributed by atoms with E-state index in [0.717, 1.165) is 0 Å². The molecule has 0 spiro atoms. The van der Waals surface area contributed by atoms with Gasteiger partial charge in [0.1, 0.15) is 11.4 Å². The first-order chi connectivity index (χ1) is 8.20. The molecule has 1 atom stereocenters. The van der Waals surface area contributed by atoms with Gasteiger partial charge in [0.25, 0.3) is 0 Å². The smallest absolute Gasteiger partial charge is 0.411 e. The van der Waals surface area contributed by atoms with E-state index < -0.39 is 17.2 Å². The number of likely N-dealkylation sites (N-methyl/N-ethyl adjacent to an activating group) is 1. The molecule has 18 heavy (non-hydrogen) atoms. The molecular formula is C13H19NO4. The highest BCUT2D eigenvalue weighted by Crippen LogP contribution is 2.26. The van der Waals surface area contributed by atoms with Crippen molar-refractivity contribution in [1.82, 2.24) is 4.90 Å². The van der Waals surface area contributed by atoms with Crippen LogP contribution in [-0.2, 0) is 15.1 Å². The third kappa shape index (κ3) is 2.91. The van der Waals surface area contributed by atoms with Crippen LogP contribution in [0.1, 0.15) is 33.5 Å². The first-order valence-electron chi connectivity index (χ1n) is 5.68. The van der Waals surface area contributed by atoms with Crippen molar-refractivity contribution in [2.45, 2.75) is 38.8 Å². The highest BCUT2D eigenvalue weighted by molar-refractivity contribution is 5.77. The Hall–Kier alpha value is -1.78. The third-order valence-corrected chi connectivity index (χ3v) is 2.61. The predicted molar refractivity (Wildman–Crippen MR) is 66.1 cm³/mol. The number of ether oxygens (including phenoxy) is 1. The molecule has 0 aromatic carbocycles. The quantitative estimate of drug-likeness (QED) is 0.777. The molecule has 0 N–H and O–H groups in total. The molecule has 0 radical (unpaired) electrons. The zero-order chi connectivity index (χ0) is 14.0. The van der Waals surface area contributed by atoms with Crippen LogP contribution in [-0.4, -0.2) is 29.9 Å². The molecule has 1 aromatic heterocycles. The summed E-state index contributed by atoms with van der Waals surface area (Å²) in [6.45, 7) is 6.90. The maximum atomic E-state index is 12.0. The minimum atomic E-state index is -1.17. The monoisotopic (exact) mass is 253 g/mol. The van der Waals surface area contributed by atoms with E-state index in [0.29, 0.717) is 12.0 Å². The van der Waals surface area contributed by atoms with Gasteiger partial charge < -0.3 is 13.9 Å². The summed E-state index contributed by atoms with van der Waals surface area (Å²) in [4.78, 5) is 24.5. The van der Waals surface area contributed by atoms with Gasteiger partial charge in [0.2, 0.25) is 0 Å². The second-order valence-electron chi connectivity index (χ2n) is 5.28. The zero-order valence-electron chi connectivity index (χ0n) is 11.4. The molecule has 5 nitrogen and oxygen atoms in total. The molecule has 0 saturated carbocycles. The maximum absolute atomic E-state index is 12.0. The molecule has 0 bridgehead atoms. The van der Waals surface area contributed by atoms with E-state index in [4.69, 9.17) is 9.15 Å². The molecule has 1 heterocycles. The summed E-state index contributed by atoms with van der Waals surface area (Å²) in [5.41, 5.74) is -1.79. The van der Waals surface area contributed by atoms with Crippen molar-refractivity contribution in [2.24, 2.45) is 0 Å². The second kappa shape index (κ2) is 4.84. The van der Waals surface area contributed by atoms with Crippen LogP contribution in [0.15, 0.2) is 22.8 Å². The molecule has 0 fully saturated rings.